The number of nitrogens with zero attached hydrogens (tertiary/aromatic N) is 1. The highest BCUT2D eigenvalue weighted by Crippen LogP contribution is 2.57. The Morgan fingerprint density at radius 1 is 0.743 bits per heavy atom. The van der Waals surface area contributed by atoms with Crippen molar-refractivity contribution in [3.05, 3.63) is 123 Å². The first kappa shape index (κ1) is 21.1. The summed E-state index contributed by atoms with van der Waals surface area (Å²) in [5, 5.41) is 14.8. The van der Waals surface area contributed by atoms with Crippen LogP contribution in [0.1, 0.15) is 16.7 Å². The lowest BCUT2D eigenvalue weighted by molar-refractivity contribution is 0.131. The molecule has 0 spiro atoms. The van der Waals surface area contributed by atoms with Gasteiger partial charge in [-0.25, -0.2) is 0 Å². The second-order valence-electron chi connectivity index (χ2n) is 8.74. The van der Waals surface area contributed by atoms with E-state index in [0.29, 0.717) is 0 Å². The molecular weight excluding hydrogens is 566 g/mol. The summed E-state index contributed by atoms with van der Waals surface area (Å²) in [6, 6.07) is 29.9. The molecule has 168 valence electrons. The van der Waals surface area contributed by atoms with Crippen LogP contribution in [0.3, 0.4) is 0 Å². The number of aromatic nitrogens is 1. The molecule has 0 radical (unpaired) electrons. The van der Waals surface area contributed by atoms with Crippen LogP contribution in [-0.4, -0.2) is 10.1 Å². The summed E-state index contributed by atoms with van der Waals surface area (Å²) in [7, 11) is 0. The van der Waals surface area contributed by atoms with Crippen molar-refractivity contribution in [2.75, 3.05) is 0 Å². The molecule has 0 saturated heterocycles. The predicted octanol–water partition coefficient (Wildman–Crippen LogP) is 8.44. The Bertz CT molecular complexity index is 1790. The molecule has 2 heterocycles. The van der Waals surface area contributed by atoms with Gasteiger partial charge in [0.15, 0.2) is 0 Å². The van der Waals surface area contributed by atoms with Crippen molar-refractivity contribution in [2.24, 2.45) is 0 Å². The van der Waals surface area contributed by atoms with Crippen molar-refractivity contribution in [1.82, 2.24) is 4.98 Å². The molecule has 2 aromatic heterocycles. The van der Waals surface area contributed by atoms with Crippen LogP contribution in [0, 0.1) is 0 Å². The quantitative estimate of drug-likeness (QED) is 0.223. The number of rotatable bonds is 2. The second-order valence-corrected chi connectivity index (χ2v) is 10.5. The summed E-state index contributed by atoms with van der Waals surface area (Å²) in [6.45, 7) is 0. The Balaban J connectivity index is 1.64. The fourth-order valence-electron chi connectivity index (χ4n) is 5.42. The van der Waals surface area contributed by atoms with Crippen molar-refractivity contribution in [3.63, 3.8) is 0 Å². The van der Waals surface area contributed by atoms with Gasteiger partial charge < -0.3 is 9.52 Å². The molecule has 1 unspecified atom stereocenters. The first-order chi connectivity index (χ1) is 17.1. The van der Waals surface area contributed by atoms with E-state index in [0.717, 1.165) is 70.0 Å². The Labute approximate surface area is 218 Å². The number of fused-ring (bicyclic) bond motifs is 7. The lowest BCUT2D eigenvalue weighted by Crippen LogP contribution is -2.27. The molecule has 35 heavy (non-hydrogen) atoms. The van der Waals surface area contributed by atoms with Gasteiger partial charge in [-0.1, -0.05) is 70.5 Å². The normalized spacial score (nSPS) is 16.5. The van der Waals surface area contributed by atoms with E-state index in [1.807, 2.05) is 78.9 Å². The van der Waals surface area contributed by atoms with E-state index in [9.17, 15) is 5.11 Å². The van der Waals surface area contributed by atoms with E-state index < -0.39 is 5.60 Å². The average molecular weight is 583 g/mol. The molecule has 5 heteroatoms. The molecule has 0 aliphatic heterocycles. The first-order valence-corrected chi connectivity index (χ1v) is 12.8. The van der Waals surface area contributed by atoms with Gasteiger partial charge in [0.25, 0.3) is 0 Å². The minimum absolute atomic E-state index is 0.769. The molecule has 1 aliphatic carbocycles. The zero-order chi connectivity index (χ0) is 23.7. The monoisotopic (exact) mass is 581 g/mol. The maximum absolute atomic E-state index is 12.8. The van der Waals surface area contributed by atoms with Gasteiger partial charge in [0.2, 0.25) is 0 Å². The van der Waals surface area contributed by atoms with Crippen molar-refractivity contribution >= 4 is 53.8 Å². The Kier molecular flexibility index (Phi) is 4.59. The van der Waals surface area contributed by atoms with Crippen molar-refractivity contribution in [1.29, 1.82) is 0 Å². The number of halogens is 2. The third-order valence-electron chi connectivity index (χ3n) is 6.89. The van der Waals surface area contributed by atoms with Gasteiger partial charge in [0.05, 0.1) is 5.69 Å². The summed E-state index contributed by atoms with van der Waals surface area (Å²) in [5.74, 6) is 0. The predicted molar refractivity (Wildman–Crippen MR) is 146 cm³/mol. The fraction of sp³-hybridized carbons (Fsp3) is 0.0333. The lowest BCUT2D eigenvalue weighted by atomic mass is 9.81. The smallest absolute Gasteiger partial charge is 0.144 e. The zero-order valence-corrected chi connectivity index (χ0v) is 21.5. The highest BCUT2D eigenvalue weighted by atomic mass is 79.9. The van der Waals surface area contributed by atoms with Crippen LogP contribution in [0.2, 0.25) is 0 Å². The molecule has 3 nitrogen and oxygen atoms in total. The van der Waals surface area contributed by atoms with E-state index in [1.165, 1.54) is 0 Å². The number of para-hydroxylation sites is 1. The molecule has 7 rings (SSSR count). The number of furan rings is 1. The number of aliphatic hydroxyl groups is 1. The average Bonchev–Trinajstić information content (AvgIpc) is 3.39. The molecule has 1 atom stereocenters. The van der Waals surface area contributed by atoms with Crippen molar-refractivity contribution in [3.8, 4) is 22.4 Å². The minimum atomic E-state index is -1.40. The lowest BCUT2D eigenvalue weighted by Gasteiger charge is -2.29. The van der Waals surface area contributed by atoms with Crippen LogP contribution in [0.5, 0.6) is 0 Å². The van der Waals surface area contributed by atoms with E-state index in [4.69, 9.17) is 4.42 Å². The van der Waals surface area contributed by atoms with E-state index in [-0.39, 0.29) is 0 Å². The van der Waals surface area contributed by atoms with Gasteiger partial charge in [-0.3, -0.25) is 4.98 Å². The maximum atomic E-state index is 12.8. The zero-order valence-electron chi connectivity index (χ0n) is 18.3. The highest BCUT2D eigenvalue weighted by molar-refractivity contribution is 9.11. The second kappa shape index (κ2) is 7.62. The van der Waals surface area contributed by atoms with Gasteiger partial charge in [0, 0.05) is 53.7 Å². The summed E-state index contributed by atoms with van der Waals surface area (Å²) in [4.78, 5) is 4.59. The molecule has 1 N–H and O–H groups in total. The molecule has 1 aliphatic rings. The standard InChI is InChI=1S/C30H17Br2NO2/c31-17-12-13-19-22(15-17)30(34,21-9-3-1-7-18(21)25-10-5-6-14-33-25)23-16-24(32)28-20-8-2-4-11-26(20)35-29(28)27(19)23/h1-16,34H. The topological polar surface area (TPSA) is 46.3 Å². The van der Waals surface area contributed by atoms with Gasteiger partial charge >= 0.3 is 0 Å². The number of pyridine rings is 1. The Hall–Kier alpha value is -3.25. The van der Waals surface area contributed by atoms with Gasteiger partial charge in [-0.15, -0.1) is 0 Å². The first-order valence-electron chi connectivity index (χ1n) is 11.3. The van der Waals surface area contributed by atoms with Gasteiger partial charge in [-0.05, 0) is 57.9 Å². The SMILES string of the molecule is OC1(c2ccccc2-c2ccccn2)c2cc(Br)ccc2-c2c1cc(Br)c1c2oc2ccccc21. The van der Waals surface area contributed by atoms with Crippen LogP contribution in [-0.2, 0) is 5.60 Å². The van der Waals surface area contributed by atoms with Crippen molar-refractivity contribution in [2.45, 2.75) is 5.60 Å². The van der Waals surface area contributed by atoms with Crippen LogP contribution in [0.25, 0.3) is 44.3 Å². The van der Waals surface area contributed by atoms with E-state index >= 15 is 0 Å². The summed E-state index contributed by atoms with van der Waals surface area (Å²) >= 11 is 7.44. The molecule has 0 saturated carbocycles. The van der Waals surface area contributed by atoms with Crippen LogP contribution < -0.4 is 0 Å². The summed E-state index contributed by atoms with van der Waals surface area (Å²) in [5.41, 5.74) is 6.12. The molecule has 4 aromatic carbocycles. The van der Waals surface area contributed by atoms with Gasteiger partial charge in [0.1, 0.15) is 16.8 Å². The minimum Gasteiger partial charge on any atom is -0.455 e. The molecule has 6 aromatic rings. The van der Waals surface area contributed by atoms with Gasteiger partial charge in [-0.2, -0.15) is 0 Å². The van der Waals surface area contributed by atoms with Crippen molar-refractivity contribution < 1.29 is 9.52 Å². The van der Waals surface area contributed by atoms with E-state index in [1.54, 1.807) is 6.20 Å². The molecule has 0 fully saturated rings. The molecular formula is C30H17Br2NO2. The fourth-order valence-corrected chi connectivity index (χ4v) is 6.40. The van der Waals surface area contributed by atoms with Crippen LogP contribution in [0.15, 0.2) is 111 Å². The van der Waals surface area contributed by atoms with Crippen LogP contribution in [0.4, 0.5) is 0 Å². The van der Waals surface area contributed by atoms with E-state index in [2.05, 4.69) is 49.0 Å². The third kappa shape index (κ3) is 2.89. The number of hydrogen-bond donors (Lipinski definition) is 1. The Morgan fingerprint density at radius 3 is 2.40 bits per heavy atom. The number of benzene rings is 4. The molecule has 0 amide bonds. The molecule has 0 bridgehead atoms. The Morgan fingerprint density at radius 2 is 1.54 bits per heavy atom. The maximum Gasteiger partial charge on any atom is 0.144 e. The number of hydrogen-bond acceptors (Lipinski definition) is 3. The summed E-state index contributed by atoms with van der Waals surface area (Å²) in [6.07, 6.45) is 1.78. The van der Waals surface area contributed by atoms with Crippen LogP contribution >= 0.6 is 31.9 Å². The third-order valence-corrected chi connectivity index (χ3v) is 8.01. The highest BCUT2D eigenvalue weighted by Gasteiger charge is 2.46. The summed E-state index contributed by atoms with van der Waals surface area (Å²) < 4.78 is 8.23. The largest absolute Gasteiger partial charge is 0.455 e.